The van der Waals surface area contributed by atoms with Gasteiger partial charge in [-0.3, -0.25) is 0 Å². The number of nitrogens with zero attached hydrogens (tertiary/aromatic N) is 3. The molecule has 17 heavy (non-hydrogen) atoms. The van der Waals surface area contributed by atoms with Crippen molar-refractivity contribution in [3.8, 4) is 0 Å². The van der Waals surface area contributed by atoms with E-state index < -0.39 is 19.0 Å². The molecule has 0 saturated heterocycles. The van der Waals surface area contributed by atoms with Crippen molar-refractivity contribution in [2.45, 2.75) is 33.1 Å². The van der Waals surface area contributed by atoms with E-state index in [0.717, 1.165) is 31.6 Å². The molecule has 0 aromatic rings. The molecule has 3 nitrogen and oxygen atoms in total. The van der Waals surface area contributed by atoms with E-state index in [4.69, 9.17) is 45.0 Å². The zero-order valence-electron chi connectivity index (χ0n) is 9.73. The van der Waals surface area contributed by atoms with Gasteiger partial charge in [-0.05, 0) is 57.8 Å². The molecule has 0 radical (unpaired) electrons. The molecule has 1 atom stereocenters. The maximum Gasteiger partial charge on any atom is 0.255 e. The maximum atomic E-state index is 6.13. The average molecular weight is 377 g/mol. The Balaban J connectivity index is 3.27. The van der Waals surface area contributed by atoms with Crippen LogP contribution in [-0.2, 0) is 0 Å². The van der Waals surface area contributed by atoms with Gasteiger partial charge in [-0.25, -0.2) is 9.03 Å². The predicted octanol–water partition coefficient (Wildman–Crippen LogP) is 8.17. The van der Waals surface area contributed by atoms with Crippen LogP contribution in [0.1, 0.15) is 33.1 Å². The summed E-state index contributed by atoms with van der Waals surface area (Å²) in [4.78, 5) is 0. The highest BCUT2D eigenvalue weighted by molar-refractivity contribution is 8.21. The van der Waals surface area contributed by atoms with Crippen molar-refractivity contribution in [1.82, 2.24) is 0 Å². The molecule has 0 fully saturated rings. The molecule has 1 heterocycles. The number of hydrogen-bond donors (Lipinski definition) is 0. The van der Waals surface area contributed by atoms with E-state index in [1.165, 1.54) is 0 Å². The van der Waals surface area contributed by atoms with Crippen LogP contribution in [0.25, 0.3) is 0 Å². The summed E-state index contributed by atoms with van der Waals surface area (Å²) in [7, 11) is -1.92. The number of hydrogen-bond acceptors (Lipinski definition) is 3. The molecular formula is C7H16Cl4N3P3. The molecule has 0 spiro atoms. The molecule has 0 saturated carbocycles. The van der Waals surface area contributed by atoms with Gasteiger partial charge >= 0.3 is 0 Å². The molecule has 0 N–H and O–H groups in total. The molecule has 102 valence electrons. The zero-order valence-corrected chi connectivity index (χ0v) is 15.4. The van der Waals surface area contributed by atoms with Crippen molar-refractivity contribution < 1.29 is 0 Å². The third-order valence-corrected chi connectivity index (χ3v) is 15.4. The van der Waals surface area contributed by atoms with Crippen molar-refractivity contribution in [2.24, 2.45) is 13.5 Å². The zero-order chi connectivity index (χ0) is 13.2. The van der Waals surface area contributed by atoms with Gasteiger partial charge in [-0.2, -0.15) is 4.52 Å². The summed E-state index contributed by atoms with van der Waals surface area (Å²) >= 11 is 24.5. The summed E-state index contributed by atoms with van der Waals surface area (Å²) in [6.07, 6.45) is 4.88. The first-order valence-corrected chi connectivity index (χ1v) is 14.5. The van der Waals surface area contributed by atoms with Crippen molar-refractivity contribution in [1.29, 1.82) is 0 Å². The second-order valence-electron chi connectivity index (χ2n) is 3.86. The normalized spacial score (nSPS) is 30.0. The van der Waals surface area contributed by atoms with E-state index >= 15 is 0 Å². The number of halogens is 4. The van der Waals surface area contributed by atoms with Gasteiger partial charge in [0, 0.05) is 12.3 Å². The van der Waals surface area contributed by atoms with E-state index in [2.05, 4.69) is 27.4 Å². The minimum Gasteiger partial charge on any atom is -0.213 e. The Labute approximate surface area is 122 Å². The van der Waals surface area contributed by atoms with Gasteiger partial charge in [0.15, 0.2) is 0 Å². The standard InChI is InChI=1S/C7H16Cl4N3P3/c1-3-5-7-15(6-4-2)12-16(8,9)14-17(10,11)13-15/h3-7H2,1-2H3. The van der Waals surface area contributed by atoms with Crippen LogP contribution in [0.5, 0.6) is 0 Å². The Morgan fingerprint density at radius 1 is 0.765 bits per heavy atom. The Morgan fingerprint density at radius 3 is 1.82 bits per heavy atom. The molecule has 0 bridgehead atoms. The van der Waals surface area contributed by atoms with Crippen LogP contribution >= 0.6 is 64.0 Å². The molecule has 1 unspecified atom stereocenters. The number of rotatable bonds is 5. The molecule has 0 aliphatic carbocycles. The molecule has 1 aliphatic rings. The smallest absolute Gasteiger partial charge is 0.213 e. The summed E-state index contributed by atoms with van der Waals surface area (Å²) < 4.78 is 13.1. The lowest BCUT2D eigenvalue weighted by molar-refractivity contribution is 0.884. The largest absolute Gasteiger partial charge is 0.255 e. The van der Waals surface area contributed by atoms with Gasteiger partial charge in [0.1, 0.15) is 0 Å². The monoisotopic (exact) mass is 375 g/mol. The first kappa shape index (κ1) is 16.9. The third-order valence-electron chi connectivity index (χ3n) is 2.21. The van der Waals surface area contributed by atoms with Crippen molar-refractivity contribution in [3.63, 3.8) is 0 Å². The summed E-state index contributed by atoms with van der Waals surface area (Å²) in [5.41, 5.74) is 0. The van der Waals surface area contributed by atoms with Gasteiger partial charge < -0.3 is 0 Å². The quantitative estimate of drug-likeness (QED) is 0.434. The highest BCUT2D eigenvalue weighted by Crippen LogP contribution is 2.85. The van der Waals surface area contributed by atoms with Gasteiger partial charge in [0.05, 0.1) is 7.21 Å². The Bertz CT molecular complexity index is 428. The van der Waals surface area contributed by atoms with E-state index in [9.17, 15) is 0 Å². The Hall–Kier alpha value is 1.85. The summed E-state index contributed by atoms with van der Waals surface area (Å²) in [6, 6.07) is 0. The highest BCUT2D eigenvalue weighted by atomic mass is 35.9. The third kappa shape index (κ3) is 5.39. The van der Waals surface area contributed by atoms with Crippen LogP contribution in [0.3, 0.4) is 0 Å². The minimum absolute atomic E-state index is 0.880. The molecule has 10 heteroatoms. The lowest BCUT2D eigenvalue weighted by Crippen LogP contribution is -1.93. The van der Waals surface area contributed by atoms with Gasteiger partial charge in [0.2, 0.25) is 0 Å². The van der Waals surface area contributed by atoms with Gasteiger partial charge in [-0.15, -0.1) is 0 Å². The van der Waals surface area contributed by atoms with Gasteiger partial charge in [0.25, 0.3) is 11.8 Å². The van der Waals surface area contributed by atoms with Crippen LogP contribution in [-0.4, -0.2) is 12.3 Å². The van der Waals surface area contributed by atoms with Crippen LogP contribution in [0.2, 0.25) is 0 Å². The first-order valence-electron chi connectivity index (χ1n) is 5.42. The number of unbranched alkanes of at least 4 members (excludes halogenated alkanes) is 1. The first-order chi connectivity index (χ1) is 7.74. The second kappa shape index (κ2) is 6.53. The van der Waals surface area contributed by atoms with Crippen molar-refractivity contribution in [3.05, 3.63) is 0 Å². The van der Waals surface area contributed by atoms with Gasteiger partial charge in [-0.1, -0.05) is 20.3 Å². The topological polar surface area (TPSA) is 37.1 Å². The molecule has 0 amide bonds. The maximum absolute atomic E-state index is 6.13. The molecule has 1 aliphatic heterocycles. The highest BCUT2D eigenvalue weighted by Gasteiger charge is 2.32. The fraction of sp³-hybridized carbons (Fsp3) is 1.00. The van der Waals surface area contributed by atoms with Crippen LogP contribution in [0, 0.1) is 0 Å². The van der Waals surface area contributed by atoms with Crippen molar-refractivity contribution >= 4 is 64.0 Å². The van der Waals surface area contributed by atoms with E-state index in [1.54, 1.807) is 0 Å². The van der Waals surface area contributed by atoms with Crippen LogP contribution in [0.15, 0.2) is 13.5 Å². The summed E-state index contributed by atoms with van der Waals surface area (Å²) in [6.45, 7) is 4.22. The Morgan fingerprint density at radius 2 is 1.35 bits per heavy atom. The molecule has 1 rings (SSSR count). The van der Waals surface area contributed by atoms with E-state index in [0.29, 0.717) is 0 Å². The average Bonchev–Trinajstić information content (AvgIpc) is 2.10. The van der Waals surface area contributed by atoms with E-state index in [-0.39, 0.29) is 0 Å². The van der Waals surface area contributed by atoms with Crippen molar-refractivity contribution in [2.75, 3.05) is 12.3 Å². The van der Waals surface area contributed by atoms with Crippen LogP contribution < -0.4 is 0 Å². The summed E-state index contributed by atoms with van der Waals surface area (Å²) in [5, 5.41) is 0. The van der Waals surface area contributed by atoms with E-state index in [1.807, 2.05) is 0 Å². The van der Waals surface area contributed by atoms with Crippen LogP contribution in [0.4, 0.5) is 0 Å². The lowest BCUT2D eigenvalue weighted by atomic mass is 10.4. The lowest BCUT2D eigenvalue weighted by Gasteiger charge is -2.26. The molecule has 0 aromatic heterocycles. The Kier molecular flexibility index (Phi) is 6.50. The second-order valence-corrected chi connectivity index (χ2v) is 17.2. The predicted molar refractivity (Wildman–Crippen MR) is 86.4 cm³/mol. The fourth-order valence-corrected chi connectivity index (χ4v) is 19.8. The SMILES string of the molecule is CCCCP1(CCC)=NP(Cl)(Cl)=NP(Cl)(Cl)=N1. The summed E-state index contributed by atoms with van der Waals surface area (Å²) in [5.74, 6) is -5.43. The minimum atomic E-state index is -2.71. The fourth-order valence-electron chi connectivity index (χ4n) is 1.64. The molecular weight excluding hydrogens is 361 g/mol. The molecule has 0 aromatic carbocycles.